The highest BCUT2D eigenvalue weighted by atomic mass is 16.3. The highest BCUT2D eigenvalue weighted by Crippen LogP contribution is 2.24. The lowest BCUT2D eigenvalue weighted by Crippen LogP contribution is -2.38. The van der Waals surface area contributed by atoms with E-state index >= 15 is 0 Å². The Balaban J connectivity index is 1.83. The van der Waals surface area contributed by atoms with E-state index in [1.54, 1.807) is 6.26 Å². The van der Waals surface area contributed by atoms with Gasteiger partial charge in [-0.1, -0.05) is 6.92 Å². The van der Waals surface area contributed by atoms with Crippen LogP contribution in [0.2, 0.25) is 0 Å². The molecule has 1 N–H and O–H groups in total. The van der Waals surface area contributed by atoms with Crippen molar-refractivity contribution in [2.75, 3.05) is 20.6 Å². The number of nitrogens with zero attached hydrogens (tertiary/aromatic N) is 1. The predicted molar refractivity (Wildman–Crippen MR) is 74.6 cm³/mol. The zero-order valence-electron chi connectivity index (χ0n) is 11.9. The molecule has 1 aromatic heterocycles. The number of nitrogens with one attached hydrogen (secondary N) is 1. The molecule has 1 aromatic rings. The van der Waals surface area contributed by atoms with Crippen LogP contribution in [-0.2, 0) is 0 Å². The van der Waals surface area contributed by atoms with Gasteiger partial charge < -0.3 is 9.73 Å². The number of furan rings is 1. The summed E-state index contributed by atoms with van der Waals surface area (Å²) in [5.74, 6) is 1.97. The number of rotatable bonds is 5. The Morgan fingerprint density at radius 2 is 2.06 bits per heavy atom. The van der Waals surface area contributed by atoms with Crippen LogP contribution in [-0.4, -0.2) is 31.6 Å². The third-order valence-electron chi connectivity index (χ3n) is 4.11. The number of hydrogen-bond donors (Lipinski definition) is 1. The van der Waals surface area contributed by atoms with Crippen LogP contribution in [0, 0.1) is 5.92 Å². The van der Waals surface area contributed by atoms with E-state index in [9.17, 15) is 0 Å². The summed E-state index contributed by atoms with van der Waals surface area (Å²) in [4.78, 5) is 2.22. The van der Waals surface area contributed by atoms with E-state index in [1.807, 2.05) is 6.07 Å². The fourth-order valence-corrected chi connectivity index (χ4v) is 2.76. The van der Waals surface area contributed by atoms with Gasteiger partial charge in [-0.25, -0.2) is 0 Å². The molecule has 1 aliphatic rings. The molecule has 1 heterocycles. The molecule has 0 aromatic carbocycles. The first kappa shape index (κ1) is 13.6. The average molecular weight is 250 g/mol. The molecule has 0 aliphatic heterocycles. The lowest BCUT2D eigenvalue weighted by Gasteiger charge is -2.30. The van der Waals surface area contributed by atoms with Gasteiger partial charge in [-0.15, -0.1) is 0 Å². The van der Waals surface area contributed by atoms with Crippen LogP contribution >= 0.6 is 0 Å². The molecule has 102 valence electrons. The van der Waals surface area contributed by atoms with E-state index in [2.05, 4.69) is 37.3 Å². The molecule has 0 amide bonds. The topological polar surface area (TPSA) is 28.4 Å². The van der Waals surface area contributed by atoms with Crippen molar-refractivity contribution in [1.29, 1.82) is 0 Å². The van der Waals surface area contributed by atoms with Crippen LogP contribution in [0.25, 0.3) is 0 Å². The largest absolute Gasteiger partial charge is 0.468 e. The van der Waals surface area contributed by atoms with Gasteiger partial charge in [0.2, 0.25) is 0 Å². The molecule has 0 spiro atoms. The summed E-state index contributed by atoms with van der Waals surface area (Å²) in [5.41, 5.74) is 0. The third-order valence-corrected chi connectivity index (χ3v) is 4.11. The summed E-state index contributed by atoms with van der Waals surface area (Å²) >= 11 is 0. The van der Waals surface area contributed by atoms with Gasteiger partial charge in [0.15, 0.2) is 0 Å². The summed E-state index contributed by atoms with van der Waals surface area (Å²) in [5, 5.41) is 3.71. The molecule has 2 rings (SSSR count). The normalized spacial score (nSPS) is 26.4. The molecule has 1 atom stereocenters. The first-order valence-electron chi connectivity index (χ1n) is 7.10. The maximum absolute atomic E-state index is 5.53. The summed E-state index contributed by atoms with van der Waals surface area (Å²) in [6, 6.07) is 5.06. The maximum atomic E-state index is 5.53. The second-order valence-corrected chi connectivity index (χ2v) is 5.86. The smallest absolute Gasteiger partial charge is 0.122 e. The summed E-state index contributed by atoms with van der Waals surface area (Å²) in [7, 11) is 4.22. The summed E-state index contributed by atoms with van der Waals surface area (Å²) in [6.07, 6.45) is 7.13. The Labute approximate surface area is 111 Å². The fraction of sp³-hybridized carbons (Fsp3) is 0.733. The van der Waals surface area contributed by atoms with Crippen molar-refractivity contribution >= 4 is 0 Å². The molecule has 0 bridgehead atoms. The Bertz CT molecular complexity index is 326. The van der Waals surface area contributed by atoms with Gasteiger partial charge in [0, 0.05) is 12.6 Å². The first-order chi connectivity index (χ1) is 8.66. The minimum absolute atomic E-state index is 0.333. The van der Waals surface area contributed by atoms with Crippen molar-refractivity contribution in [3.05, 3.63) is 24.2 Å². The van der Waals surface area contributed by atoms with Crippen molar-refractivity contribution in [1.82, 2.24) is 10.2 Å². The molecule has 1 fully saturated rings. The van der Waals surface area contributed by atoms with Gasteiger partial charge >= 0.3 is 0 Å². The molecule has 1 aliphatic carbocycles. The minimum atomic E-state index is 0.333. The summed E-state index contributed by atoms with van der Waals surface area (Å²) < 4.78 is 5.53. The van der Waals surface area contributed by atoms with E-state index in [0.717, 1.165) is 18.2 Å². The number of likely N-dealkylation sites (N-methyl/N-ethyl adjacent to an activating group) is 1. The van der Waals surface area contributed by atoms with Crippen LogP contribution in [0.15, 0.2) is 22.8 Å². The van der Waals surface area contributed by atoms with E-state index in [0.29, 0.717) is 12.1 Å². The first-order valence-corrected chi connectivity index (χ1v) is 7.10. The van der Waals surface area contributed by atoms with Gasteiger partial charge in [-0.05, 0) is 57.8 Å². The monoisotopic (exact) mass is 250 g/mol. The zero-order chi connectivity index (χ0) is 13.0. The van der Waals surface area contributed by atoms with E-state index in [-0.39, 0.29) is 0 Å². The van der Waals surface area contributed by atoms with Crippen molar-refractivity contribution in [2.24, 2.45) is 5.92 Å². The molecule has 1 unspecified atom stereocenters. The van der Waals surface area contributed by atoms with Crippen LogP contribution < -0.4 is 5.32 Å². The van der Waals surface area contributed by atoms with Crippen molar-refractivity contribution in [3.63, 3.8) is 0 Å². The van der Waals surface area contributed by atoms with Crippen LogP contribution in [0.3, 0.4) is 0 Å². The van der Waals surface area contributed by atoms with E-state index < -0.39 is 0 Å². The van der Waals surface area contributed by atoms with Gasteiger partial charge in [-0.3, -0.25) is 4.90 Å². The zero-order valence-corrected chi connectivity index (χ0v) is 11.9. The van der Waals surface area contributed by atoms with Crippen LogP contribution in [0.1, 0.15) is 44.4 Å². The maximum Gasteiger partial charge on any atom is 0.122 e. The second kappa shape index (κ2) is 6.39. The van der Waals surface area contributed by atoms with Gasteiger partial charge in [-0.2, -0.15) is 0 Å². The highest BCUT2D eigenvalue weighted by Gasteiger charge is 2.21. The predicted octanol–water partition coefficient (Wildman–Crippen LogP) is 3.05. The fourth-order valence-electron chi connectivity index (χ4n) is 2.76. The van der Waals surface area contributed by atoms with E-state index in [4.69, 9.17) is 4.42 Å². The van der Waals surface area contributed by atoms with Gasteiger partial charge in [0.05, 0.1) is 12.3 Å². The molecule has 1 saturated carbocycles. The molecular weight excluding hydrogens is 224 g/mol. The van der Waals surface area contributed by atoms with Crippen molar-refractivity contribution in [2.45, 2.75) is 44.7 Å². The second-order valence-electron chi connectivity index (χ2n) is 5.86. The van der Waals surface area contributed by atoms with Gasteiger partial charge in [0.25, 0.3) is 0 Å². The number of hydrogen-bond acceptors (Lipinski definition) is 3. The highest BCUT2D eigenvalue weighted by molar-refractivity contribution is 5.05. The Morgan fingerprint density at radius 3 is 2.61 bits per heavy atom. The summed E-state index contributed by atoms with van der Waals surface area (Å²) in [6.45, 7) is 3.33. The van der Waals surface area contributed by atoms with E-state index in [1.165, 1.54) is 25.7 Å². The third kappa shape index (κ3) is 3.59. The quantitative estimate of drug-likeness (QED) is 0.870. The van der Waals surface area contributed by atoms with Crippen LogP contribution in [0.5, 0.6) is 0 Å². The lowest BCUT2D eigenvalue weighted by molar-refractivity contribution is 0.227. The molecule has 0 saturated heterocycles. The SMILES string of the molecule is CC1CCC(NCC(c2ccco2)N(C)C)CC1. The lowest BCUT2D eigenvalue weighted by atomic mass is 9.87. The van der Waals surface area contributed by atoms with Crippen molar-refractivity contribution in [3.8, 4) is 0 Å². The van der Waals surface area contributed by atoms with Gasteiger partial charge in [0.1, 0.15) is 5.76 Å². The minimum Gasteiger partial charge on any atom is -0.468 e. The Hall–Kier alpha value is -0.800. The average Bonchev–Trinajstić information content (AvgIpc) is 2.85. The molecule has 18 heavy (non-hydrogen) atoms. The molecule has 3 nitrogen and oxygen atoms in total. The molecular formula is C15H26N2O. The molecule has 0 radical (unpaired) electrons. The Morgan fingerprint density at radius 1 is 1.33 bits per heavy atom. The van der Waals surface area contributed by atoms with Crippen LogP contribution in [0.4, 0.5) is 0 Å². The molecule has 3 heteroatoms. The Kier molecular flexibility index (Phi) is 4.84. The van der Waals surface area contributed by atoms with Crippen molar-refractivity contribution < 1.29 is 4.42 Å². The standard InChI is InChI=1S/C15H26N2O/c1-12-6-8-13(9-7-12)16-11-14(17(2)3)15-5-4-10-18-15/h4-5,10,12-14,16H,6-9,11H2,1-3H3.